The van der Waals surface area contributed by atoms with Crippen LogP contribution in [-0.4, -0.2) is 15.8 Å². The van der Waals surface area contributed by atoms with E-state index in [4.69, 9.17) is 0 Å². The minimum atomic E-state index is 0.997. The molecule has 1 rings (SSSR count). The fourth-order valence-corrected chi connectivity index (χ4v) is 5.59. The molecule has 0 nitrogen and oxygen atoms in total. The minimum absolute atomic E-state index is 0.997. The average Bonchev–Trinajstić information content (AvgIpc) is 1.69. The van der Waals surface area contributed by atoms with Crippen molar-refractivity contribution in [3.05, 3.63) is 0 Å². The van der Waals surface area contributed by atoms with Crippen molar-refractivity contribution in [2.45, 2.75) is 10.3 Å². The predicted molar refractivity (Wildman–Crippen MR) is 48.1 cm³/mol. The molecule has 1 aliphatic rings. The van der Waals surface area contributed by atoms with Crippen molar-refractivity contribution in [1.29, 1.82) is 0 Å². The third kappa shape index (κ3) is 2.52. The summed E-state index contributed by atoms with van der Waals surface area (Å²) in [7, 11) is 1.19. The van der Waals surface area contributed by atoms with Gasteiger partial charge in [-0.15, -0.1) is 11.4 Å². The maximum Gasteiger partial charge on any atom is 0.0162 e. The molecule has 0 spiro atoms. The Bertz CT molecular complexity index is 53.7. The van der Waals surface area contributed by atoms with Crippen LogP contribution in [0.3, 0.4) is 0 Å². The van der Waals surface area contributed by atoms with Gasteiger partial charge in [-0.05, 0) is 18.3 Å². The topological polar surface area (TPSA) is 0 Å². The highest BCUT2D eigenvalue weighted by atomic mass is 127. The van der Waals surface area contributed by atoms with Crippen LogP contribution >= 0.6 is 41.8 Å². The first-order valence-corrected chi connectivity index (χ1v) is 6.54. The summed E-state index contributed by atoms with van der Waals surface area (Å²) in [6.07, 6.45) is 2.91. The summed E-state index contributed by atoms with van der Waals surface area (Å²) in [6.45, 7) is 0. The summed E-state index contributed by atoms with van der Waals surface area (Å²) in [5.41, 5.74) is 0. The van der Waals surface area contributed by atoms with E-state index in [0.29, 0.717) is 0 Å². The van der Waals surface area contributed by atoms with Crippen molar-refractivity contribution in [2.75, 3.05) is 11.9 Å². The molecule has 0 saturated carbocycles. The van der Waals surface area contributed by atoms with Crippen LogP contribution in [0.25, 0.3) is 0 Å². The van der Waals surface area contributed by atoms with Crippen molar-refractivity contribution >= 4 is 41.8 Å². The Kier molecular flexibility index (Phi) is 3.33. The highest BCUT2D eigenvalue weighted by molar-refractivity contribution is 14.1. The zero-order chi connectivity index (χ0) is 5.11. The SMILES string of the molecule is IC1CCSPC1. The quantitative estimate of drug-likeness (QED) is 0.359. The third-order valence-electron chi connectivity index (χ3n) is 0.940. The zero-order valence-corrected chi connectivity index (χ0v) is 7.96. The van der Waals surface area contributed by atoms with E-state index in [1.807, 2.05) is 0 Å². The van der Waals surface area contributed by atoms with Gasteiger partial charge < -0.3 is 0 Å². The minimum Gasteiger partial charge on any atom is -0.138 e. The smallest absolute Gasteiger partial charge is 0.0162 e. The van der Waals surface area contributed by atoms with Crippen LogP contribution < -0.4 is 0 Å². The predicted octanol–water partition coefficient (Wildman–Crippen LogP) is 2.52. The molecule has 0 amide bonds. The summed E-state index contributed by atoms with van der Waals surface area (Å²) in [4.78, 5) is 0. The summed E-state index contributed by atoms with van der Waals surface area (Å²) < 4.78 is 0.997. The van der Waals surface area contributed by atoms with Gasteiger partial charge in [-0.3, -0.25) is 0 Å². The molecule has 3 heteroatoms. The van der Waals surface area contributed by atoms with Gasteiger partial charge in [0.2, 0.25) is 0 Å². The van der Waals surface area contributed by atoms with Gasteiger partial charge in [0, 0.05) is 3.92 Å². The normalized spacial score (nSPS) is 36.4. The molecule has 2 unspecified atom stereocenters. The second-order valence-corrected chi connectivity index (χ2v) is 6.47. The summed E-state index contributed by atoms with van der Waals surface area (Å²) >= 11 is 4.67. The summed E-state index contributed by atoms with van der Waals surface area (Å²) in [5.74, 6) is 1.41. The summed E-state index contributed by atoms with van der Waals surface area (Å²) in [6, 6.07) is 0. The van der Waals surface area contributed by atoms with Gasteiger partial charge in [-0.1, -0.05) is 30.4 Å². The lowest BCUT2D eigenvalue weighted by atomic mass is 10.4. The highest BCUT2D eigenvalue weighted by Gasteiger charge is 2.07. The molecule has 0 N–H and O–H groups in total. The number of hydrogen-bond acceptors (Lipinski definition) is 1. The molecule has 0 aromatic heterocycles. The molecule has 7 heavy (non-hydrogen) atoms. The first kappa shape index (κ1) is 6.63. The molecule has 0 aliphatic carbocycles. The zero-order valence-electron chi connectivity index (χ0n) is 3.98. The van der Waals surface area contributed by atoms with Crippen molar-refractivity contribution < 1.29 is 0 Å². The Morgan fingerprint density at radius 2 is 2.57 bits per heavy atom. The van der Waals surface area contributed by atoms with Crippen molar-refractivity contribution in [3.63, 3.8) is 0 Å². The number of hydrogen-bond donors (Lipinski definition) is 0. The summed E-state index contributed by atoms with van der Waals surface area (Å²) in [5, 5.41) is 0. The van der Waals surface area contributed by atoms with Crippen LogP contribution in [0.4, 0.5) is 0 Å². The van der Waals surface area contributed by atoms with E-state index in [-0.39, 0.29) is 0 Å². The molecule has 0 aromatic carbocycles. The van der Waals surface area contributed by atoms with Gasteiger partial charge >= 0.3 is 0 Å². The Labute approximate surface area is 63.9 Å². The number of rotatable bonds is 0. The molecule has 0 radical (unpaired) electrons. The van der Waals surface area contributed by atoms with Gasteiger partial charge in [-0.2, -0.15) is 0 Å². The standard InChI is InChI=1S/C4H8IPS/c5-4-1-2-7-6-3-4/h4,6H,1-3H2. The van der Waals surface area contributed by atoms with E-state index >= 15 is 0 Å². The van der Waals surface area contributed by atoms with Crippen molar-refractivity contribution in [2.24, 2.45) is 0 Å². The molecular weight excluding hydrogens is 238 g/mol. The molecule has 1 aliphatic heterocycles. The first-order chi connectivity index (χ1) is 3.39. The van der Waals surface area contributed by atoms with Gasteiger partial charge in [0.05, 0.1) is 0 Å². The Balaban J connectivity index is 2.12. The molecule has 42 valence electrons. The lowest BCUT2D eigenvalue weighted by Crippen LogP contribution is -2.04. The second-order valence-electron chi connectivity index (χ2n) is 1.58. The third-order valence-corrected chi connectivity index (χ3v) is 5.86. The second kappa shape index (κ2) is 3.52. The monoisotopic (exact) mass is 246 g/mol. The van der Waals surface area contributed by atoms with Crippen LogP contribution in [0.5, 0.6) is 0 Å². The number of halogens is 1. The van der Waals surface area contributed by atoms with E-state index < -0.39 is 0 Å². The molecule has 1 fully saturated rings. The highest BCUT2D eigenvalue weighted by Crippen LogP contribution is 2.38. The number of alkyl halides is 1. The van der Waals surface area contributed by atoms with Crippen molar-refractivity contribution in [1.82, 2.24) is 0 Å². The van der Waals surface area contributed by atoms with Gasteiger partial charge in [-0.25, -0.2) is 0 Å². The van der Waals surface area contributed by atoms with Gasteiger partial charge in [0.25, 0.3) is 0 Å². The Morgan fingerprint density at radius 1 is 1.71 bits per heavy atom. The molecule has 1 heterocycles. The van der Waals surface area contributed by atoms with Crippen LogP contribution in [0, 0.1) is 0 Å². The van der Waals surface area contributed by atoms with E-state index in [1.165, 1.54) is 26.1 Å². The van der Waals surface area contributed by atoms with Crippen LogP contribution in [0.2, 0.25) is 0 Å². The van der Waals surface area contributed by atoms with Crippen molar-refractivity contribution in [3.8, 4) is 0 Å². The Hall–Kier alpha value is 1.51. The Morgan fingerprint density at radius 3 is 2.86 bits per heavy atom. The molecule has 1 saturated heterocycles. The maximum absolute atomic E-state index is 2.55. The van der Waals surface area contributed by atoms with Crippen LogP contribution in [0.15, 0.2) is 0 Å². The maximum atomic E-state index is 2.55. The molecular formula is C4H8IPS. The van der Waals surface area contributed by atoms with E-state index in [2.05, 4.69) is 34.0 Å². The van der Waals surface area contributed by atoms with E-state index in [0.717, 1.165) is 3.92 Å². The van der Waals surface area contributed by atoms with E-state index in [1.54, 1.807) is 0 Å². The first-order valence-electron chi connectivity index (χ1n) is 2.38. The molecule has 2 atom stereocenters. The van der Waals surface area contributed by atoms with Crippen LogP contribution in [0.1, 0.15) is 6.42 Å². The fourth-order valence-electron chi connectivity index (χ4n) is 0.510. The lowest BCUT2D eigenvalue weighted by Gasteiger charge is -2.13. The fraction of sp³-hybridized carbons (Fsp3) is 1.00. The molecule has 0 aromatic rings. The largest absolute Gasteiger partial charge is 0.138 e. The van der Waals surface area contributed by atoms with Gasteiger partial charge in [0.1, 0.15) is 0 Å². The van der Waals surface area contributed by atoms with E-state index in [9.17, 15) is 0 Å². The van der Waals surface area contributed by atoms with Gasteiger partial charge in [0.15, 0.2) is 0 Å². The molecule has 0 bridgehead atoms. The van der Waals surface area contributed by atoms with Crippen LogP contribution in [-0.2, 0) is 0 Å². The average molecular weight is 246 g/mol. The lowest BCUT2D eigenvalue weighted by molar-refractivity contribution is 0.955.